The van der Waals surface area contributed by atoms with Crippen LogP contribution in [0.4, 0.5) is 0 Å². The third-order valence-electron chi connectivity index (χ3n) is 4.59. The van der Waals surface area contributed by atoms with Crippen molar-refractivity contribution in [3.05, 3.63) is 0 Å². The van der Waals surface area contributed by atoms with E-state index in [1.807, 2.05) is 13.8 Å². The standard InChI is InChI=1S/C13H23NO4S/c1-10(2)13(5-6-13)19(17,18)14-7-3-4-11(9-14)8-12(15)16/h10-11H,3-9H2,1-2H3,(H,15,16). The maximum atomic E-state index is 12.7. The van der Waals surface area contributed by atoms with Crippen molar-refractivity contribution in [3.63, 3.8) is 0 Å². The van der Waals surface area contributed by atoms with Gasteiger partial charge in [-0.05, 0) is 37.5 Å². The predicted molar refractivity (Wildman–Crippen MR) is 72.3 cm³/mol. The lowest BCUT2D eigenvalue weighted by molar-refractivity contribution is -0.138. The Bertz CT molecular complexity index is 453. The van der Waals surface area contributed by atoms with E-state index in [1.165, 1.54) is 0 Å². The van der Waals surface area contributed by atoms with Gasteiger partial charge in [-0.25, -0.2) is 12.7 Å². The monoisotopic (exact) mass is 289 g/mol. The summed E-state index contributed by atoms with van der Waals surface area (Å²) in [7, 11) is -3.28. The van der Waals surface area contributed by atoms with E-state index in [2.05, 4.69) is 0 Å². The summed E-state index contributed by atoms with van der Waals surface area (Å²) in [6.45, 7) is 4.85. The van der Waals surface area contributed by atoms with Crippen molar-refractivity contribution in [3.8, 4) is 0 Å². The number of rotatable bonds is 5. The summed E-state index contributed by atoms with van der Waals surface area (Å²) in [4.78, 5) is 10.8. The molecule has 2 rings (SSSR count). The second-order valence-corrected chi connectivity index (χ2v) is 8.47. The second kappa shape index (κ2) is 5.05. The van der Waals surface area contributed by atoms with Crippen LogP contribution in [0.1, 0.15) is 46.0 Å². The largest absolute Gasteiger partial charge is 0.481 e. The normalized spacial score (nSPS) is 27.4. The molecule has 2 aliphatic rings. The molecule has 6 heteroatoms. The minimum atomic E-state index is -3.28. The van der Waals surface area contributed by atoms with Crippen molar-refractivity contribution >= 4 is 16.0 Å². The highest BCUT2D eigenvalue weighted by Gasteiger charge is 2.58. The van der Waals surface area contributed by atoms with Crippen LogP contribution in [0.25, 0.3) is 0 Å². The van der Waals surface area contributed by atoms with Crippen molar-refractivity contribution < 1.29 is 18.3 Å². The van der Waals surface area contributed by atoms with E-state index in [1.54, 1.807) is 4.31 Å². The fraction of sp³-hybridized carbons (Fsp3) is 0.923. The fourth-order valence-electron chi connectivity index (χ4n) is 3.17. The van der Waals surface area contributed by atoms with Crippen LogP contribution < -0.4 is 0 Å². The van der Waals surface area contributed by atoms with Crippen LogP contribution in [-0.4, -0.2) is 41.6 Å². The molecule has 1 saturated carbocycles. The van der Waals surface area contributed by atoms with E-state index >= 15 is 0 Å². The molecule has 0 aromatic carbocycles. The molecule has 5 nitrogen and oxygen atoms in total. The van der Waals surface area contributed by atoms with Gasteiger partial charge in [-0.2, -0.15) is 0 Å². The number of hydrogen-bond acceptors (Lipinski definition) is 3. The van der Waals surface area contributed by atoms with Gasteiger partial charge in [0.05, 0.1) is 4.75 Å². The fourth-order valence-corrected chi connectivity index (χ4v) is 5.68. The molecule has 1 N–H and O–H groups in total. The minimum absolute atomic E-state index is 0.0380. The topological polar surface area (TPSA) is 74.7 Å². The van der Waals surface area contributed by atoms with Gasteiger partial charge < -0.3 is 5.11 Å². The van der Waals surface area contributed by atoms with Gasteiger partial charge in [0.1, 0.15) is 0 Å². The van der Waals surface area contributed by atoms with Gasteiger partial charge in [0.2, 0.25) is 10.0 Å². The summed E-state index contributed by atoms with van der Waals surface area (Å²) in [6, 6.07) is 0. The van der Waals surface area contributed by atoms with Gasteiger partial charge in [0.15, 0.2) is 0 Å². The molecule has 19 heavy (non-hydrogen) atoms. The Hall–Kier alpha value is -0.620. The van der Waals surface area contributed by atoms with E-state index in [9.17, 15) is 13.2 Å². The first kappa shape index (κ1) is 14.8. The van der Waals surface area contributed by atoms with Crippen LogP contribution in [0.5, 0.6) is 0 Å². The van der Waals surface area contributed by atoms with Gasteiger partial charge in [-0.1, -0.05) is 13.8 Å². The molecule has 0 aromatic rings. The Morgan fingerprint density at radius 1 is 1.42 bits per heavy atom. The van der Waals surface area contributed by atoms with Gasteiger partial charge in [-0.15, -0.1) is 0 Å². The molecule has 0 radical (unpaired) electrons. The number of carbonyl (C=O) groups is 1. The maximum absolute atomic E-state index is 12.7. The van der Waals surface area contributed by atoms with Crippen LogP contribution in [0.15, 0.2) is 0 Å². The highest BCUT2D eigenvalue weighted by atomic mass is 32.2. The SMILES string of the molecule is CC(C)C1(S(=O)(=O)N2CCCC(CC(=O)O)C2)CC1. The Morgan fingerprint density at radius 3 is 2.53 bits per heavy atom. The zero-order valence-electron chi connectivity index (χ0n) is 11.6. The predicted octanol–water partition coefficient (Wildman–Crippen LogP) is 1.69. The van der Waals surface area contributed by atoms with Crippen LogP contribution in [0.2, 0.25) is 0 Å². The summed E-state index contributed by atoms with van der Waals surface area (Å²) in [5.41, 5.74) is 0. The first-order valence-electron chi connectivity index (χ1n) is 7.01. The lowest BCUT2D eigenvalue weighted by Gasteiger charge is -2.35. The van der Waals surface area contributed by atoms with E-state index in [0.717, 1.165) is 25.7 Å². The summed E-state index contributed by atoms with van der Waals surface area (Å²) in [5.74, 6) is -0.754. The number of nitrogens with zero attached hydrogens (tertiary/aromatic N) is 1. The molecule has 110 valence electrons. The van der Waals surface area contributed by atoms with Crippen molar-refractivity contribution in [2.45, 2.75) is 50.7 Å². The Balaban J connectivity index is 2.11. The molecule has 1 unspecified atom stereocenters. The molecule has 0 aromatic heterocycles. The zero-order chi connectivity index (χ0) is 14.3. The average Bonchev–Trinajstić information content (AvgIpc) is 3.09. The third-order valence-corrected chi connectivity index (χ3v) is 7.51. The molecular formula is C13H23NO4S. The van der Waals surface area contributed by atoms with Gasteiger partial charge in [0.25, 0.3) is 0 Å². The van der Waals surface area contributed by atoms with Crippen LogP contribution in [0, 0.1) is 11.8 Å². The lowest BCUT2D eigenvalue weighted by atomic mass is 9.96. The van der Waals surface area contributed by atoms with Crippen LogP contribution >= 0.6 is 0 Å². The molecule has 1 saturated heterocycles. The lowest BCUT2D eigenvalue weighted by Crippen LogP contribution is -2.47. The molecule has 0 bridgehead atoms. The summed E-state index contributed by atoms with van der Waals surface area (Å²) >= 11 is 0. The number of carboxylic acids is 1. The quantitative estimate of drug-likeness (QED) is 0.835. The van der Waals surface area contributed by atoms with Gasteiger partial charge >= 0.3 is 5.97 Å². The van der Waals surface area contributed by atoms with Crippen molar-refractivity contribution in [1.82, 2.24) is 4.31 Å². The number of piperidine rings is 1. The number of aliphatic carboxylic acids is 1. The van der Waals surface area contributed by atoms with E-state index < -0.39 is 20.7 Å². The van der Waals surface area contributed by atoms with E-state index in [0.29, 0.717) is 13.1 Å². The Labute approximate surface area is 115 Å². The smallest absolute Gasteiger partial charge is 0.303 e. The zero-order valence-corrected chi connectivity index (χ0v) is 12.4. The first-order valence-corrected chi connectivity index (χ1v) is 8.45. The first-order chi connectivity index (χ1) is 8.79. The molecule has 1 heterocycles. The molecule has 0 spiro atoms. The highest BCUT2D eigenvalue weighted by molar-refractivity contribution is 7.90. The van der Waals surface area contributed by atoms with Crippen LogP contribution in [-0.2, 0) is 14.8 Å². The number of carboxylic acid groups (broad SMARTS) is 1. The molecule has 0 amide bonds. The van der Waals surface area contributed by atoms with Crippen LogP contribution in [0.3, 0.4) is 0 Å². The van der Waals surface area contributed by atoms with Crippen molar-refractivity contribution in [2.75, 3.05) is 13.1 Å². The molecule has 2 fully saturated rings. The number of hydrogen-bond donors (Lipinski definition) is 1. The summed E-state index contributed by atoms with van der Waals surface area (Å²) in [6.07, 6.45) is 3.14. The minimum Gasteiger partial charge on any atom is -0.481 e. The number of sulfonamides is 1. The van der Waals surface area contributed by atoms with Crippen molar-refractivity contribution in [1.29, 1.82) is 0 Å². The summed E-state index contributed by atoms with van der Waals surface area (Å²) < 4.78 is 26.4. The highest BCUT2D eigenvalue weighted by Crippen LogP contribution is 2.51. The van der Waals surface area contributed by atoms with Gasteiger partial charge in [0, 0.05) is 19.5 Å². The molecular weight excluding hydrogens is 266 g/mol. The maximum Gasteiger partial charge on any atom is 0.303 e. The van der Waals surface area contributed by atoms with E-state index in [-0.39, 0.29) is 18.3 Å². The van der Waals surface area contributed by atoms with E-state index in [4.69, 9.17) is 5.11 Å². The van der Waals surface area contributed by atoms with Crippen molar-refractivity contribution in [2.24, 2.45) is 11.8 Å². The second-order valence-electron chi connectivity index (χ2n) is 6.19. The average molecular weight is 289 g/mol. The molecule has 1 aliphatic heterocycles. The van der Waals surface area contributed by atoms with Gasteiger partial charge in [-0.3, -0.25) is 4.79 Å². The Morgan fingerprint density at radius 2 is 2.05 bits per heavy atom. The Kier molecular flexibility index (Phi) is 3.93. The molecule has 1 aliphatic carbocycles. The third kappa shape index (κ3) is 2.65. The summed E-state index contributed by atoms with van der Waals surface area (Å²) in [5, 5.41) is 8.85. The molecule has 1 atom stereocenters.